The van der Waals surface area contributed by atoms with Crippen molar-refractivity contribution >= 4 is 28.6 Å². The number of anilines is 1. The molecule has 1 aliphatic heterocycles. The van der Waals surface area contributed by atoms with Crippen molar-refractivity contribution in [1.29, 1.82) is 0 Å². The van der Waals surface area contributed by atoms with Crippen molar-refractivity contribution < 1.29 is 0 Å². The highest BCUT2D eigenvalue weighted by Crippen LogP contribution is 2.38. The number of terminal acetylenes is 1. The lowest BCUT2D eigenvalue weighted by Gasteiger charge is -2.20. The zero-order chi connectivity index (χ0) is 29.8. The Bertz CT molecular complexity index is 1360. The molecule has 2 nitrogen and oxygen atoms in total. The number of unbranched alkanes of at least 4 members (excludes halogenated alkanes) is 1. The average Bonchev–Trinajstić information content (AvgIpc) is 3.37. The summed E-state index contributed by atoms with van der Waals surface area (Å²) in [4.78, 5) is 3.81. The van der Waals surface area contributed by atoms with Gasteiger partial charge in [-0.1, -0.05) is 86.6 Å². The molecule has 0 saturated carbocycles. The highest BCUT2D eigenvalue weighted by molar-refractivity contribution is 8.02. The summed E-state index contributed by atoms with van der Waals surface area (Å²) in [5.41, 5.74) is 16.5. The SMILES string of the molecule is C#CCC/C(=C(/c1ccc(C)cc1)c1ccc(N)cc1C)c1ccc(SC=C)c(C)c1.CCCCN1CCC(C)C1. The minimum absolute atomic E-state index is 0.681. The Morgan fingerprint density at radius 1 is 1.05 bits per heavy atom. The van der Waals surface area contributed by atoms with E-state index in [1.807, 2.05) is 17.5 Å². The third kappa shape index (κ3) is 9.42. The lowest BCUT2D eigenvalue weighted by atomic mass is 9.85. The van der Waals surface area contributed by atoms with E-state index in [1.165, 1.54) is 82.8 Å². The Morgan fingerprint density at radius 3 is 2.37 bits per heavy atom. The highest BCUT2D eigenvalue weighted by Gasteiger charge is 2.18. The van der Waals surface area contributed by atoms with E-state index in [0.29, 0.717) is 6.42 Å². The number of likely N-dealkylation sites (tertiary alicyclic amines) is 1. The first-order valence-corrected chi connectivity index (χ1v) is 15.9. The summed E-state index contributed by atoms with van der Waals surface area (Å²) < 4.78 is 0. The number of hydrogen-bond acceptors (Lipinski definition) is 3. The first-order chi connectivity index (χ1) is 19.8. The first-order valence-electron chi connectivity index (χ1n) is 15.0. The fourth-order valence-corrected chi connectivity index (χ4v) is 6.03. The normalized spacial score (nSPS) is 15.5. The molecule has 2 N–H and O–H groups in total. The van der Waals surface area contributed by atoms with E-state index in [1.54, 1.807) is 11.8 Å². The number of nitrogens with two attached hydrogens (primary N) is 1. The Hall–Kier alpha value is -3.19. The van der Waals surface area contributed by atoms with Gasteiger partial charge in [0.15, 0.2) is 0 Å². The number of rotatable bonds is 10. The molecule has 1 fully saturated rings. The summed E-state index contributed by atoms with van der Waals surface area (Å²) in [6.45, 7) is 18.9. The number of nitrogens with zero attached hydrogens (tertiary/aromatic N) is 1. The van der Waals surface area contributed by atoms with Crippen molar-refractivity contribution in [1.82, 2.24) is 4.90 Å². The molecule has 4 rings (SSSR count). The van der Waals surface area contributed by atoms with Gasteiger partial charge in [0, 0.05) is 23.5 Å². The number of hydrogen-bond donors (Lipinski definition) is 1. The van der Waals surface area contributed by atoms with Gasteiger partial charge in [-0.2, -0.15) is 0 Å². The zero-order valence-electron chi connectivity index (χ0n) is 25.8. The van der Waals surface area contributed by atoms with Crippen LogP contribution in [-0.4, -0.2) is 24.5 Å². The molecular formula is C38H48N2S. The Kier molecular flexibility index (Phi) is 12.9. The minimum atomic E-state index is 0.681. The molecule has 3 aromatic carbocycles. The molecule has 3 aromatic rings. The molecule has 0 spiro atoms. The zero-order valence-corrected chi connectivity index (χ0v) is 26.6. The quantitative estimate of drug-likeness (QED) is 0.115. The van der Waals surface area contributed by atoms with Crippen LogP contribution in [0.3, 0.4) is 0 Å². The lowest BCUT2D eigenvalue weighted by Crippen LogP contribution is -2.21. The number of thioether (sulfide) groups is 1. The van der Waals surface area contributed by atoms with E-state index in [2.05, 4.69) is 101 Å². The molecule has 0 radical (unpaired) electrons. The maximum absolute atomic E-state index is 6.07. The molecule has 216 valence electrons. The van der Waals surface area contributed by atoms with Crippen LogP contribution < -0.4 is 5.73 Å². The van der Waals surface area contributed by atoms with Gasteiger partial charge in [0.1, 0.15) is 0 Å². The largest absolute Gasteiger partial charge is 0.399 e. The van der Waals surface area contributed by atoms with Gasteiger partial charge in [0.05, 0.1) is 0 Å². The maximum Gasteiger partial charge on any atom is 0.0317 e. The van der Waals surface area contributed by atoms with Crippen molar-refractivity contribution in [3.63, 3.8) is 0 Å². The fraction of sp³-hybridized carbons (Fsp3) is 0.368. The summed E-state index contributed by atoms with van der Waals surface area (Å²) in [6, 6.07) is 21.5. The summed E-state index contributed by atoms with van der Waals surface area (Å²) in [7, 11) is 0. The summed E-state index contributed by atoms with van der Waals surface area (Å²) in [6.07, 6.45) is 11.3. The van der Waals surface area contributed by atoms with Crippen molar-refractivity contribution in [2.45, 2.75) is 71.6 Å². The Balaban J connectivity index is 0.000000389. The molecular weight excluding hydrogens is 516 g/mol. The average molecular weight is 565 g/mol. The van der Waals surface area contributed by atoms with Gasteiger partial charge in [-0.05, 0) is 122 Å². The molecule has 0 amide bonds. The van der Waals surface area contributed by atoms with E-state index in [-0.39, 0.29) is 0 Å². The Labute approximate surface area is 254 Å². The lowest BCUT2D eigenvalue weighted by molar-refractivity contribution is 0.322. The van der Waals surface area contributed by atoms with Crippen LogP contribution in [0.5, 0.6) is 0 Å². The van der Waals surface area contributed by atoms with Crippen molar-refractivity contribution in [2.75, 3.05) is 25.4 Å². The molecule has 1 heterocycles. The number of allylic oxidation sites excluding steroid dienone is 1. The van der Waals surface area contributed by atoms with Crippen molar-refractivity contribution in [3.05, 3.63) is 106 Å². The van der Waals surface area contributed by atoms with Gasteiger partial charge in [0.25, 0.3) is 0 Å². The number of nitrogen functional groups attached to an aromatic ring is 1. The third-order valence-electron chi connectivity index (χ3n) is 7.75. The van der Waals surface area contributed by atoms with E-state index >= 15 is 0 Å². The van der Waals surface area contributed by atoms with E-state index in [9.17, 15) is 0 Å². The standard InChI is InChI=1S/C29H29NS.C9H19N/c1-6-8-9-27(24-14-17-28(31-7-2)22(5)18-24)29(23-12-10-20(3)11-13-23)26-16-15-25(30)19-21(26)4;1-3-4-6-10-7-5-9(2)8-10/h1,7,10-19H,2,8-9,30H2,3-5H3;9H,3-8H2,1-2H3/b29-27+;. The van der Waals surface area contributed by atoms with Crippen LogP contribution in [-0.2, 0) is 0 Å². The molecule has 41 heavy (non-hydrogen) atoms. The molecule has 1 aliphatic rings. The van der Waals surface area contributed by atoms with Gasteiger partial charge in [-0.15, -0.1) is 12.3 Å². The third-order valence-corrected chi connectivity index (χ3v) is 8.63. The number of aryl methyl sites for hydroxylation is 3. The fourth-order valence-electron chi connectivity index (χ4n) is 5.46. The van der Waals surface area contributed by atoms with Crippen LogP contribution in [0.4, 0.5) is 5.69 Å². The predicted octanol–water partition coefficient (Wildman–Crippen LogP) is 9.93. The monoisotopic (exact) mass is 564 g/mol. The second-order valence-corrected chi connectivity index (χ2v) is 12.3. The van der Waals surface area contributed by atoms with Gasteiger partial charge in [0.2, 0.25) is 0 Å². The van der Waals surface area contributed by atoms with Crippen LogP contribution in [0.25, 0.3) is 11.1 Å². The maximum atomic E-state index is 6.07. The second-order valence-electron chi connectivity index (χ2n) is 11.3. The van der Waals surface area contributed by atoms with Crippen LogP contribution in [0, 0.1) is 39.0 Å². The van der Waals surface area contributed by atoms with Gasteiger partial charge in [-0.3, -0.25) is 0 Å². The highest BCUT2D eigenvalue weighted by atomic mass is 32.2. The van der Waals surface area contributed by atoms with Crippen LogP contribution in [0.2, 0.25) is 0 Å². The minimum Gasteiger partial charge on any atom is -0.399 e. The molecule has 3 heteroatoms. The first kappa shape index (κ1) is 32.3. The summed E-state index contributed by atoms with van der Waals surface area (Å²) in [5, 5.41) is 1.87. The van der Waals surface area contributed by atoms with Crippen LogP contribution in [0.15, 0.2) is 77.5 Å². The van der Waals surface area contributed by atoms with Crippen LogP contribution >= 0.6 is 11.8 Å². The van der Waals surface area contributed by atoms with E-state index < -0.39 is 0 Å². The summed E-state index contributed by atoms with van der Waals surface area (Å²) >= 11 is 1.65. The van der Waals surface area contributed by atoms with Gasteiger partial charge < -0.3 is 10.6 Å². The molecule has 1 unspecified atom stereocenters. The topological polar surface area (TPSA) is 29.3 Å². The van der Waals surface area contributed by atoms with Crippen LogP contribution in [0.1, 0.15) is 79.3 Å². The summed E-state index contributed by atoms with van der Waals surface area (Å²) in [5.74, 6) is 3.79. The molecule has 0 aromatic heterocycles. The molecule has 1 saturated heterocycles. The second kappa shape index (κ2) is 16.3. The smallest absolute Gasteiger partial charge is 0.0317 e. The molecule has 0 aliphatic carbocycles. The molecule has 0 bridgehead atoms. The predicted molar refractivity (Wildman–Crippen MR) is 183 cm³/mol. The van der Waals surface area contributed by atoms with Crippen molar-refractivity contribution in [2.24, 2.45) is 5.92 Å². The van der Waals surface area contributed by atoms with Crippen molar-refractivity contribution in [3.8, 4) is 12.3 Å². The van der Waals surface area contributed by atoms with Gasteiger partial charge >= 0.3 is 0 Å². The molecule has 1 atom stereocenters. The van der Waals surface area contributed by atoms with E-state index in [4.69, 9.17) is 12.2 Å². The Morgan fingerprint density at radius 2 is 1.78 bits per heavy atom. The van der Waals surface area contributed by atoms with E-state index in [0.717, 1.165) is 23.6 Å². The number of benzene rings is 3. The van der Waals surface area contributed by atoms with Gasteiger partial charge in [-0.25, -0.2) is 0 Å².